The van der Waals surface area contributed by atoms with Gasteiger partial charge in [0.1, 0.15) is 18.0 Å². The molecular weight excluding hydrogens is 304 g/mol. The second kappa shape index (κ2) is 7.17. The Hall–Kier alpha value is -2.82. The van der Waals surface area contributed by atoms with E-state index in [0.717, 1.165) is 18.6 Å². The highest BCUT2D eigenvalue weighted by Crippen LogP contribution is 2.27. The summed E-state index contributed by atoms with van der Waals surface area (Å²) in [6.45, 7) is 1.60. The molecule has 0 bridgehead atoms. The topological polar surface area (TPSA) is 58.6 Å². The maximum absolute atomic E-state index is 12.1. The van der Waals surface area contributed by atoms with Gasteiger partial charge in [-0.2, -0.15) is 0 Å². The van der Waals surface area contributed by atoms with Crippen molar-refractivity contribution >= 4 is 17.5 Å². The van der Waals surface area contributed by atoms with E-state index in [-0.39, 0.29) is 24.4 Å². The summed E-state index contributed by atoms with van der Waals surface area (Å²) in [6, 6.07) is 16.9. The van der Waals surface area contributed by atoms with Gasteiger partial charge in [-0.15, -0.1) is 0 Å². The van der Waals surface area contributed by atoms with Crippen molar-refractivity contribution in [2.24, 2.45) is 0 Å². The van der Waals surface area contributed by atoms with Crippen LogP contribution in [0.4, 0.5) is 5.69 Å². The SMILES string of the molecule is CC(=O)N(CC(=O)Nc1ccc(Oc2ccccc2)cc1)C1CC1. The van der Waals surface area contributed by atoms with Gasteiger partial charge in [0.15, 0.2) is 0 Å². The molecule has 2 aromatic rings. The van der Waals surface area contributed by atoms with Gasteiger partial charge < -0.3 is 15.0 Å². The van der Waals surface area contributed by atoms with Crippen LogP contribution in [0.2, 0.25) is 0 Å². The van der Waals surface area contributed by atoms with Gasteiger partial charge in [0.25, 0.3) is 0 Å². The van der Waals surface area contributed by atoms with E-state index in [1.165, 1.54) is 6.92 Å². The Morgan fingerprint density at radius 3 is 2.25 bits per heavy atom. The number of hydrogen-bond donors (Lipinski definition) is 1. The number of carbonyl (C=O) groups excluding carboxylic acids is 2. The molecule has 0 saturated heterocycles. The van der Waals surface area contributed by atoms with Crippen LogP contribution < -0.4 is 10.1 Å². The normalized spacial score (nSPS) is 13.2. The number of benzene rings is 2. The lowest BCUT2D eigenvalue weighted by atomic mass is 10.3. The molecule has 1 N–H and O–H groups in total. The highest BCUT2D eigenvalue weighted by molar-refractivity contribution is 5.94. The zero-order chi connectivity index (χ0) is 16.9. The van der Waals surface area contributed by atoms with Crippen molar-refractivity contribution in [2.45, 2.75) is 25.8 Å². The van der Waals surface area contributed by atoms with E-state index in [9.17, 15) is 9.59 Å². The Bertz CT molecular complexity index is 709. The second-order valence-corrected chi connectivity index (χ2v) is 5.87. The lowest BCUT2D eigenvalue weighted by Gasteiger charge is -2.19. The number of hydrogen-bond acceptors (Lipinski definition) is 3. The minimum absolute atomic E-state index is 0.0562. The van der Waals surface area contributed by atoms with Crippen LogP contribution >= 0.6 is 0 Å². The van der Waals surface area contributed by atoms with Gasteiger partial charge in [-0.3, -0.25) is 9.59 Å². The first-order chi connectivity index (χ1) is 11.6. The molecule has 5 heteroatoms. The maximum atomic E-state index is 12.1. The van der Waals surface area contributed by atoms with Crippen LogP contribution in [0.3, 0.4) is 0 Å². The van der Waals surface area contributed by atoms with Crippen LogP contribution in [0.25, 0.3) is 0 Å². The van der Waals surface area contributed by atoms with Crippen LogP contribution in [0.15, 0.2) is 54.6 Å². The first-order valence-electron chi connectivity index (χ1n) is 8.02. The van der Waals surface area contributed by atoms with Gasteiger partial charge in [0, 0.05) is 18.7 Å². The Balaban J connectivity index is 1.55. The Morgan fingerprint density at radius 2 is 1.67 bits per heavy atom. The van der Waals surface area contributed by atoms with Crippen molar-refractivity contribution in [3.63, 3.8) is 0 Å². The number of ether oxygens (including phenoxy) is 1. The Kier molecular flexibility index (Phi) is 4.79. The third-order valence-corrected chi connectivity index (χ3v) is 3.82. The van der Waals surface area contributed by atoms with Crippen molar-refractivity contribution in [3.05, 3.63) is 54.6 Å². The van der Waals surface area contributed by atoms with E-state index in [1.807, 2.05) is 30.3 Å². The monoisotopic (exact) mass is 324 g/mol. The van der Waals surface area contributed by atoms with Gasteiger partial charge >= 0.3 is 0 Å². The third-order valence-electron chi connectivity index (χ3n) is 3.82. The molecule has 1 aliphatic carbocycles. The molecule has 0 heterocycles. The molecule has 124 valence electrons. The molecule has 0 radical (unpaired) electrons. The molecule has 24 heavy (non-hydrogen) atoms. The summed E-state index contributed by atoms with van der Waals surface area (Å²) in [5.41, 5.74) is 0.680. The van der Waals surface area contributed by atoms with Gasteiger partial charge in [-0.05, 0) is 49.2 Å². The molecule has 3 rings (SSSR count). The fourth-order valence-corrected chi connectivity index (χ4v) is 2.47. The zero-order valence-electron chi connectivity index (χ0n) is 13.6. The number of anilines is 1. The first-order valence-corrected chi connectivity index (χ1v) is 8.02. The number of amides is 2. The van der Waals surface area contributed by atoms with E-state index in [1.54, 1.807) is 29.2 Å². The summed E-state index contributed by atoms with van der Waals surface area (Å²) in [4.78, 5) is 25.3. The number of nitrogens with one attached hydrogen (secondary N) is 1. The molecule has 2 aromatic carbocycles. The summed E-state index contributed by atoms with van der Waals surface area (Å²) in [7, 11) is 0. The maximum Gasteiger partial charge on any atom is 0.244 e. The van der Waals surface area contributed by atoms with Crippen molar-refractivity contribution in [1.29, 1.82) is 0 Å². The fourth-order valence-electron chi connectivity index (χ4n) is 2.47. The zero-order valence-corrected chi connectivity index (χ0v) is 13.6. The summed E-state index contributed by atoms with van der Waals surface area (Å²) < 4.78 is 5.71. The van der Waals surface area contributed by atoms with Crippen LogP contribution in [0.1, 0.15) is 19.8 Å². The minimum Gasteiger partial charge on any atom is -0.457 e. The third kappa shape index (κ3) is 4.35. The van der Waals surface area contributed by atoms with Crippen LogP contribution in [-0.2, 0) is 9.59 Å². The molecule has 2 amide bonds. The van der Waals surface area contributed by atoms with Crippen molar-refractivity contribution < 1.29 is 14.3 Å². The number of rotatable bonds is 6. The summed E-state index contributed by atoms with van der Waals surface area (Å²) >= 11 is 0. The van der Waals surface area contributed by atoms with Crippen molar-refractivity contribution in [3.8, 4) is 11.5 Å². The average molecular weight is 324 g/mol. The van der Waals surface area contributed by atoms with E-state index in [2.05, 4.69) is 5.32 Å². The largest absolute Gasteiger partial charge is 0.457 e. The van der Waals surface area contributed by atoms with E-state index in [0.29, 0.717) is 11.4 Å². The molecule has 1 fully saturated rings. The molecule has 1 aliphatic rings. The van der Waals surface area contributed by atoms with Gasteiger partial charge in [0.2, 0.25) is 11.8 Å². The minimum atomic E-state index is -0.186. The highest BCUT2D eigenvalue weighted by atomic mass is 16.5. The van der Waals surface area contributed by atoms with E-state index >= 15 is 0 Å². The lowest BCUT2D eigenvalue weighted by molar-refractivity contribution is -0.133. The lowest BCUT2D eigenvalue weighted by Crippen LogP contribution is -2.38. The van der Waals surface area contributed by atoms with Crippen molar-refractivity contribution in [1.82, 2.24) is 4.90 Å². The van der Waals surface area contributed by atoms with E-state index < -0.39 is 0 Å². The molecule has 0 spiro atoms. The number of carbonyl (C=O) groups is 2. The highest BCUT2D eigenvalue weighted by Gasteiger charge is 2.31. The quantitative estimate of drug-likeness (QED) is 0.885. The first kappa shape index (κ1) is 16.1. The summed E-state index contributed by atoms with van der Waals surface area (Å²) in [5.74, 6) is 1.21. The number of nitrogens with zero attached hydrogens (tertiary/aromatic N) is 1. The molecule has 0 aliphatic heterocycles. The predicted octanol–water partition coefficient (Wildman–Crippen LogP) is 3.43. The summed E-state index contributed by atoms with van der Waals surface area (Å²) in [6.07, 6.45) is 1.97. The van der Waals surface area contributed by atoms with Crippen LogP contribution in [0.5, 0.6) is 11.5 Å². The van der Waals surface area contributed by atoms with E-state index in [4.69, 9.17) is 4.74 Å². The van der Waals surface area contributed by atoms with Gasteiger partial charge in [0.05, 0.1) is 0 Å². The molecular formula is C19H20N2O3. The molecule has 0 aromatic heterocycles. The number of para-hydroxylation sites is 1. The summed E-state index contributed by atoms with van der Waals surface area (Å²) in [5, 5.41) is 2.81. The van der Waals surface area contributed by atoms with Crippen molar-refractivity contribution in [2.75, 3.05) is 11.9 Å². The smallest absolute Gasteiger partial charge is 0.244 e. The van der Waals surface area contributed by atoms with Crippen LogP contribution in [0, 0.1) is 0 Å². The Morgan fingerprint density at radius 1 is 1.04 bits per heavy atom. The molecule has 0 unspecified atom stereocenters. The molecule has 1 saturated carbocycles. The Labute approximate surface area is 141 Å². The van der Waals surface area contributed by atoms with Gasteiger partial charge in [-0.25, -0.2) is 0 Å². The average Bonchev–Trinajstić information content (AvgIpc) is 3.40. The van der Waals surface area contributed by atoms with Gasteiger partial charge in [-0.1, -0.05) is 18.2 Å². The second-order valence-electron chi connectivity index (χ2n) is 5.87. The van der Waals surface area contributed by atoms with Crippen LogP contribution in [-0.4, -0.2) is 29.3 Å². The molecule has 5 nitrogen and oxygen atoms in total. The molecule has 0 atom stereocenters. The predicted molar refractivity (Wildman–Crippen MR) is 92.0 cm³/mol. The standard InChI is InChI=1S/C19H20N2O3/c1-14(22)21(16-9-10-16)13-19(23)20-15-7-11-18(12-8-15)24-17-5-3-2-4-6-17/h2-8,11-12,16H,9-10,13H2,1H3,(H,20,23). The fraction of sp³-hybridized carbons (Fsp3) is 0.263.